The smallest absolute Gasteiger partial charge is 0.411 e. The fraction of sp³-hybridized carbons (Fsp3) is 0.179. The number of rotatable bonds is 6. The number of para-hydroxylation sites is 1. The Morgan fingerprint density at radius 2 is 1.71 bits per heavy atom. The summed E-state index contributed by atoms with van der Waals surface area (Å²) >= 11 is 0. The minimum absolute atomic E-state index is 0.0298. The summed E-state index contributed by atoms with van der Waals surface area (Å²) in [7, 11) is 0. The van der Waals surface area contributed by atoms with Crippen molar-refractivity contribution in [1.82, 2.24) is 14.8 Å². The number of carbonyl (C=O) groups is 4. The molecule has 10 nitrogen and oxygen atoms in total. The van der Waals surface area contributed by atoms with E-state index in [-0.39, 0.29) is 18.9 Å². The van der Waals surface area contributed by atoms with Gasteiger partial charge in [0, 0.05) is 25.5 Å². The number of β-lactam (4-membered cyclic amide) rings is 1. The van der Waals surface area contributed by atoms with E-state index in [9.17, 15) is 14.4 Å². The maximum absolute atomic E-state index is 13.6. The molecule has 0 radical (unpaired) electrons. The highest BCUT2D eigenvalue weighted by Crippen LogP contribution is 2.41. The van der Waals surface area contributed by atoms with Crippen LogP contribution in [0, 0.1) is 0 Å². The molecule has 3 aromatic rings. The van der Waals surface area contributed by atoms with E-state index in [0.717, 1.165) is 18.1 Å². The SMILES string of the molecule is CC(=O)O.O=C1OC[C@H](c2ccccc2)N1[C@]1(C(=O)Oc2ccccc2)CN(C=Cc2cccnc2)C1=O. The summed E-state index contributed by atoms with van der Waals surface area (Å²) in [6.07, 6.45) is 5.87. The van der Waals surface area contributed by atoms with Crippen LogP contribution in [0.4, 0.5) is 4.79 Å². The lowest BCUT2D eigenvalue weighted by Gasteiger charge is -2.50. The molecule has 2 saturated heterocycles. The van der Waals surface area contributed by atoms with E-state index in [0.29, 0.717) is 0 Å². The number of aliphatic carboxylic acids is 1. The lowest BCUT2D eigenvalue weighted by molar-refractivity contribution is -0.173. The number of benzene rings is 2. The van der Waals surface area contributed by atoms with Gasteiger partial charge in [-0.25, -0.2) is 9.59 Å². The minimum Gasteiger partial charge on any atom is -0.481 e. The summed E-state index contributed by atoms with van der Waals surface area (Å²) in [4.78, 5) is 55.6. The molecule has 1 aromatic heterocycles. The number of pyridine rings is 1. The van der Waals surface area contributed by atoms with E-state index in [1.165, 1.54) is 9.80 Å². The number of amides is 2. The summed E-state index contributed by atoms with van der Waals surface area (Å²) in [5, 5.41) is 7.42. The van der Waals surface area contributed by atoms with Gasteiger partial charge in [0.05, 0.1) is 12.6 Å². The molecule has 1 N–H and O–H groups in total. The molecule has 2 atom stereocenters. The standard InChI is InChI=1S/C26H21N3O5.C2H4O2/c30-23-26(24(31)34-21-11-5-2-6-12-21,18-28(23)15-13-19-8-7-14-27-16-19)29-22(17-33-25(29)32)20-9-3-1-4-10-20;1-2(3)4/h1-16,22H,17-18H2;1H3,(H,3,4)/t22-,26-;/m1./s1. The minimum atomic E-state index is -1.84. The molecule has 2 aliphatic rings. The molecule has 0 aliphatic carbocycles. The summed E-state index contributed by atoms with van der Waals surface area (Å²) in [6.45, 7) is 1.05. The molecule has 0 spiro atoms. The highest BCUT2D eigenvalue weighted by molar-refractivity contribution is 6.15. The number of aromatic nitrogens is 1. The highest BCUT2D eigenvalue weighted by Gasteiger charge is 2.67. The predicted molar refractivity (Wildman–Crippen MR) is 135 cm³/mol. The van der Waals surface area contributed by atoms with Crippen LogP contribution in [0.15, 0.2) is 91.4 Å². The first-order chi connectivity index (χ1) is 18.3. The Kier molecular flexibility index (Phi) is 7.81. The molecule has 3 heterocycles. The van der Waals surface area contributed by atoms with Crippen molar-refractivity contribution in [2.45, 2.75) is 18.5 Å². The van der Waals surface area contributed by atoms with Crippen molar-refractivity contribution < 1.29 is 33.8 Å². The number of carboxylic acids is 1. The van der Waals surface area contributed by atoms with Gasteiger partial charge in [-0.15, -0.1) is 0 Å². The fourth-order valence-electron chi connectivity index (χ4n) is 4.18. The third-order valence-electron chi connectivity index (χ3n) is 5.91. The van der Waals surface area contributed by atoms with Crippen LogP contribution in [-0.2, 0) is 19.1 Å². The lowest BCUT2D eigenvalue weighted by Crippen LogP contribution is -2.77. The number of ether oxygens (including phenoxy) is 2. The van der Waals surface area contributed by atoms with Crippen LogP contribution in [0.3, 0.4) is 0 Å². The molecule has 2 aliphatic heterocycles. The molecular formula is C28H25N3O7. The highest BCUT2D eigenvalue weighted by atomic mass is 16.6. The van der Waals surface area contributed by atoms with Gasteiger partial charge in [0.2, 0.25) is 5.54 Å². The zero-order chi connectivity index (χ0) is 27.1. The molecule has 2 fully saturated rings. The van der Waals surface area contributed by atoms with Crippen LogP contribution < -0.4 is 4.74 Å². The van der Waals surface area contributed by atoms with Gasteiger partial charge >= 0.3 is 12.1 Å². The van der Waals surface area contributed by atoms with E-state index in [1.54, 1.807) is 61.1 Å². The molecule has 0 bridgehead atoms. The second kappa shape index (κ2) is 11.4. The number of hydrogen-bond acceptors (Lipinski definition) is 7. The van der Waals surface area contributed by atoms with Crippen LogP contribution in [0.5, 0.6) is 5.75 Å². The molecule has 2 aromatic carbocycles. The van der Waals surface area contributed by atoms with Crippen molar-refractivity contribution >= 4 is 30.0 Å². The quantitative estimate of drug-likeness (QED) is 0.229. The van der Waals surface area contributed by atoms with Crippen LogP contribution in [-0.4, -0.2) is 62.5 Å². The maximum Gasteiger partial charge on any atom is 0.411 e. The first-order valence-corrected chi connectivity index (χ1v) is 11.7. The molecule has 2 amide bonds. The van der Waals surface area contributed by atoms with E-state index in [2.05, 4.69) is 4.98 Å². The van der Waals surface area contributed by atoms with Crippen molar-refractivity contribution in [3.8, 4) is 5.75 Å². The van der Waals surface area contributed by atoms with Gasteiger partial charge in [0.25, 0.3) is 11.9 Å². The Labute approximate surface area is 218 Å². The number of esters is 1. The predicted octanol–water partition coefficient (Wildman–Crippen LogP) is 3.52. The van der Waals surface area contributed by atoms with Gasteiger partial charge in [0.15, 0.2) is 0 Å². The maximum atomic E-state index is 13.6. The fourth-order valence-corrected chi connectivity index (χ4v) is 4.18. The Morgan fingerprint density at radius 1 is 1.05 bits per heavy atom. The Hall–Kier alpha value is -4.99. The summed E-state index contributed by atoms with van der Waals surface area (Å²) in [5.41, 5.74) is -0.289. The molecule has 5 rings (SSSR count). The van der Waals surface area contributed by atoms with Crippen LogP contribution >= 0.6 is 0 Å². The van der Waals surface area contributed by atoms with E-state index in [1.807, 2.05) is 36.4 Å². The lowest BCUT2D eigenvalue weighted by atomic mass is 9.84. The summed E-state index contributed by atoms with van der Waals surface area (Å²) < 4.78 is 10.9. The zero-order valence-corrected chi connectivity index (χ0v) is 20.5. The Bertz CT molecular complexity index is 1330. The monoisotopic (exact) mass is 515 g/mol. The number of carbonyl (C=O) groups excluding carboxylic acids is 3. The van der Waals surface area contributed by atoms with Crippen LogP contribution in [0.25, 0.3) is 6.08 Å². The van der Waals surface area contributed by atoms with Crippen molar-refractivity contribution in [1.29, 1.82) is 0 Å². The zero-order valence-electron chi connectivity index (χ0n) is 20.5. The van der Waals surface area contributed by atoms with Crippen LogP contribution in [0.2, 0.25) is 0 Å². The van der Waals surface area contributed by atoms with Gasteiger partial charge in [0.1, 0.15) is 12.4 Å². The van der Waals surface area contributed by atoms with Crippen molar-refractivity contribution in [2.24, 2.45) is 0 Å². The molecular weight excluding hydrogens is 490 g/mol. The van der Waals surface area contributed by atoms with Crippen molar-refractivity contribution in [3.05, 3.63) is 103 Å². The van der Waals surface area contributed by atoms with Crippen LogP contribution in [0.1, 0.15) is 24.1 Å². The van der Waals surface area contributed by atoms with E-state index >= 15 is 0 Å². The number of likely N-dealkylation sites (tertiary alicyclic amines) is 1. The molecule has 10 heteroatoms. The molecule has 194 valence electrons. The molecule has 0 saturated carbocycles. The third-order valence-corrected chi connectivity index (χ3v) is 5.91. The average molecular weight is 516 g/mol. The molecule has 38 heavy (non-hydrogen) atoms. The van der Waals surface area contributed by atoms with Crippen molar-refractivity contribution in [2.75, 3.05) is 13.2 Å². The van der Waals surface area contributed by atoms with E-state index < -0.39 is 35.5 Å². The summed E-state index contributed by atoms with van der Waals surface area (Å²) in [5.74, 6) is -1.93. The van der Waals surface area contributed by atoms with Gasteiger partial charge < -0.3 is 19.5 Å². The van der Waals surface area contributed by atoms with Crippen molar-refractivity contribution in [3.63, 3.8) is 0 Å². The number of cyclic esters (lactones) is 1. The average Bonchev–Trinajstić information content (AvgIpc) is 3.30. The summed E-state index contributed by atoms with van der Waals surface area (Å²) in [6, 6.07) is 20.7. The first kappa shape index (κ1) is 26.1. The molecule has 0 unspecified atom stereocenters. The Morgan fingerprint density at radius 3 is 2.32 bits per heavy atom. The van der Waals surface area contributed by atoms with E-state index in [4.69, 9.17) is 19.4 Å². The number of carboxylic acid groups (broad SMARTS) is 1. The van der Waals surface area contributed by atoms with Gasteiger partial charge in [-0.3, -0.25) is 19.5 Å². The van der Waals surface area contributed by atoms with Gasteiger partial charge in [-0.2, -0.15) is 0 Å². The number of nitrogens with zero attached hydrogens (tertiary/aromatic N) is 3. The third kappa shape index (κ3) is 5.39. The Balaban J connectivity index is 0.000000786. The second-order valence-corrected chi connectivity index (χ2v) is 8.49. The largest absolute Gasteiger partial charge is 0.481 e. The number of hydrogen-bond donors (Lipinski definition) is 1. The normalized spacial score (nSPS) is 20.3. The second-order valence-electron chi connectivity index (χ2n) is 8.49. The van der Waals surface area contributed by atoms with Gasteiger partial charge in [-0.1, -0.05) is 54.6 Å². The first-order valence-electron chi connectivity index (χ1n) is 11.7. The van der Waals surface area contributed by atoms with Gasteiger partial charge in [-0.05, 0) is 35.4 Å². The topological polar surface area (TPSA) is 126 Å².